The minimum atomic E-state index is -4.34. The molecule has 0 saturated carbocycles. The van der Waals surface area contributed by atoms with Gasteiger partial charge in [-0.2, -0.15) is 13.2 Å². The van der Waals surface area contributed by atoms with Crippen molar-refractivity contribution in [2.75, 3.05) is 6.61 Å². The second-order valence-corrected chi connectivity index (χ2v) is 5.38. The highest BCUT2D eigenvalue weighted by atomic mass is 19.4. The zero-order valence-corrected chi connectivity index (χ0v) is 11.8. The lowest BCUT2D eigenvalue weighted by Crippen LogP contribution is -2.06. The van der Waals surface area contributed by atoms with E-state index >= 15 is 0 Å². The van der Waals surface area contributed by atoms with Crippen LogP contribution in [0.25, 0.3) is 11.1 Å². The van der Waals surface area contributed by atoms with Crippen LogP contribution >= 0.6 is 0 Å². The summed E-state index contributed by atoms with van der Waals surface area (Å²) in [5.41, 5.74) is 3.32. The lowest BCUT2D eigenvalue weighted by atomic mass is 9.92. The first kappa shape index (κ1) is 14.0. The number of aryl methyl sites for hydroxylation is 2. The number of alkyl halides is 3. The molecule has 1 nitrogen and oxygen atoms in total. The van der Waals surface area contributed by atoms with Crippen molar-refractivity contribution < 1.29 is 17.9 Å². The first-order valence-corrected chi connectivity index (χ1v) is 6.81. The fourth-order valence-electron chi connectivity index (χ4n) is 2.90. The maximum atomic E-state index is 13.1. The van der Waals surface area contributed by atoms with Gasteiger partial charge in [0.05, 0.1) is 12.2 Å². The van der Waals surface area contributed by atoms with Crippen LogP contribution in [0.3, 0.4) is 0 Å². The normalized spacial score (nSPS) is 14.0. The van der Waals surface area contributed by atoms with Gasteiger partial charge in [0.1, 0.15) is 5.75 Å². The fraction of sp³-hybridized carbons (Fsp3) is 0.294. The van der Waals surface area contributed by atoms with Gasteiger partial charge in [-0.05, 0) is 48.2 Å². The van der Waals surface area contributed by atoms with Gasteiger partial charge in [0.15, 0.2) is 0 Å². The lowest BCUT2D eigenvalue weighted by molar-refractivity contribution is -0.137. The third-order valence-corrected chi connectivity index (χ3v) is 3.86. The standard InChI is InChI=1S/C17H15F3O/c1-10-4-3-5-11(2)15(10)14-9-13(17(18,19)20)8-12-6-7-21-16(12)14/h3-5,8-9H,6-7H2,1-2H3. The van der Waals surface area contributed by atoms with Crippen molar-refractivity contribution in [3.63, 3.8) is 0 Å². The molecule has 1 aliphatic rings. The van der Waals surface area contributed by atoms with Crippen molar-refractivity contribution in [3.8, 4) is 16.9 Å². The Labute approximate surface area is 121 Å². The van der Waals surface area contributed by atoms with Gasteiger partial charge in [-0.25, -0.2) is 0 Å². The average molecular weight is 292 g/mol. The summed E-state index contributed by atoms with van der Waals surface area (Å²) in [6, 6.07) is 8.13. The molecule has 1 aliphatic heterocycles. The summed E-state index contributed by atoms with van der Waals surface area (Å²) in [5, 5.41) is 0. The molecule has 0 saturated heterocycles. The number of hydrogen-bond donors (Lipinski definition) is 0. The number of fused-ring (bicyclic) bond motifs is 1. The van der Waals surface area contributed by atoms with Crippen LogP contribution in [0.2, 0.25) is 0 Å². The van der Waals surface area contributed by atoms with Gasteiger partial charge in [0.25, 0.3) is 0 Å². The minimum absolute atomic E-state index is 0.439. The van der Waals surface area contributed by atoms with Crippen LogP contribution in [-0.2, 0) is 12.6 Å². The number of halogens is 3. The smallest absolute Gasteiger partial charge is 0.416 e. The minimum Gasteiger partial charge on any atom is -0.492 e. The molecule has 2 aromatic rings. The third-order valence-electron chi connectivity index (χ3n) is 3.86. The molecular formula is C17H15F3O. The Kier molecular flexibility index (Phi) is 3.19. The largest absolute Gasteiger partial charge is 0.492 e. The number of rotatable bonds is 1. The molecular weight excluding hydrogens is 277 g/mol. The highest BCUT2D eigenvalue weighted by Gasteiger charge is 2.34. The lowest BCUT2D eigenvalue weighted by Gasteiger charge is -2.16. The predicted octanol–water partition coefficient (Wildman–Crippen LogP) is 4.92. The van der Waals surface area contributed by atoms with E-state index in [2.05, 4.69) is 0 Å². The molecule has 0 aliphatic carbocycles. The van der Waals surface area contributed by atoms with Gasteiger partial charge >= 0.3 is 6.18 Å². The van der Waals surface area contributed by atoms with E-state index in [0.29, 0.717) is 29.9 Å². The Hall–Kier alpha value is -1.97. The van der Waals surface area contributed by atoms with E-state index in [-0.39, 0.29) is 0 Å². The monoisotopic (exact) mass is 292 g/mol. The van der Waals surface area contributed by atoms with Gasteiger partial charge in [0.2, 0.25) is 0 Å². The van der Waals surface area contributed by atoms with Crippen LogP contribution in [0.1, 0.15) is 22.3 Å². The Morgan fingerprint density at radius 2 is 1.71 bits per heavy atom. The quantitative estimate of drug-likeness (QED) is 0.724. The summed E-state index contributed by atoms with van der Waals surface area (Å²) < 4.78 is 44.9. The SMILES string of the molecule is Cc1cccc(C)c1-c1cc(C(F)(F)F)cc2c1OCC2. The van der Waals surface area contributed by atoms with Crippen LogP contribution in [0, 0.1) is 13.8 Å². The zero-order valence-electron chi connectivity index (χ0n) is 11.8. The summed E-state index contributed by atoms with van der Waals surface area (Å²) in [7, 11) is 0. The van der Waals surface area contributed by atoms with Crippen molar-refractivity contribution in [2.45, 2.75) is 26.4 Å². The van der Waals surface area contributed by atoms with E-state index in [1.165, 1.54) is 12.1 Å². The highest BCUT2D eigenvalue weighted by Crippen LogP contribution is 2.43. The van der Waals surface area contributed by atoms with E-state index in [9.17, 15) is 13.2 Å². The van der Waals surface area contributed by atoms with Crippen molar-refractivity contribution in [2.24, 2.45) is 0 Å². The Balaban J connectivity index is 2.30. The van der Waals surface area contributed by atoms with E-state index in [0.717, 1.165) is 16.7 Å². The Bertz CT molecular complexity index is 682. The summed E-state index contributed by atoms with van der Waals surface area (Å²) in [6.45, 7) is 4.25. The molecule has 0 aromatic heterocycles. The molecule has 0 spiro atoms. The van der Waals surface area contributed by atoms with Crippen molar-refractivity contribution >= 4 is 0 Å². The second kappa shape index (κ2) is 4.79. The summed E-state index contributed by atoms with van der Waals surface area (Å²) in [5.74, 6) is 0.598. The molecule has 2 aromatic carbocycles. The Morgan fingerprint density at radius 3 is 2.33 bits per heavy atom. The van der Waals surface area contributed by atoms with Crippen molar-refractivity contribution in [1.29, 1.82) is 0 Å². The van der Waals surface area contributed by atoms with Crippen LogP contribution in [0.4, 0.5) is 13.2 Å². The molecule has 21 heavy (non-hydrogen) atoms. The Morgan fingerprint density at radius 1 is 1.05 bits per heavy atom. The van der Waals surface area contributed by atoms with Crippen molar-refractivity contribution in [3.05, 3.63) is 52.6 Å². The van der Waals surface area contributed by atoms with Crippen LogP contribution in [0.5, 0.6) is 5.75 Å². The summed E-state index contributed by atoms with van der Waals surface area (Å²) in [4.78, 5) is 0. The van der Waals surface area contributed by atoms with E-state index in [1.807, 2.05) is 32.0 Å². The summed E-state index contributed by atoms with van der Waals surface area (Å²) in [6.07, 6.45) is -3.82. The van der Waals surface area contributed by atoms with Gasteiger partial charge in [-0.3, -0.25) is 0 Å². The van der Waals surface area contributed by atoms with Crippen LogP contribution < -0.4 is 4.74 Å². The third kappa shape index (κ3) is 2.39. The molecule has 0 atom stereocenters. The molecule has 0 fully saturated rings. The van der Waals surface area contributed by atoms with Gasteiger partial charge in [0, 0.05) is 12.0 Å². The van der Waals surface area contributed by atoms with Crippen LogP contribution in [-0.4, -0.2) is 6.61 Å². The van der Waals surface area contributed by atoms with Gasteiger partial charge in [-0.1, -0.05) is 18.2 Å². The van der Waals surface area contributed by atoms with E-state index in [4.69, 9.17) is 4.74 Å². The maximum absolute atomic E-state index is 13.1. The molecule has 4 heteroatoms. The number of hydrogen-bond acceptors (Lipinski definition) is 1. The summed E-state index contributed by atoms with van der Waals surface area (Å²) >= 11 is 0. The second-order valence-electron chi connectivity index (χ2n) is 5.38. The average Bonchev–Trinajstić information content (AvgIpc) is 2.85. The van der Waals surface area contributed by atoms with Crippen LogP contribution in [0.15, 0.2) is 30.3 Å². The molecule has 0 unspecified atom stereocenters. The fourth-order valence-corrected chi connectivity index (χ4v) is 2.90. The van der Waals surface area contributed by atoms with Gasteiger partial charge < -0.3 is 4.74 Å². The first-order chi connectivity index (χ1) is 9.88. The molecule has 0 amide bonds. The first-order valence-electron chi connectivity index (χ1n) is 6.81. The highest BCUT2D eigenvalue weighted by molar-refractivity contribution is 5.78. The zero-order chi connectivity index (χ0) is 15.2. The maximum Gasteiger partial charge on any atom is 0.416 e. The van der Waals surface area contributed by atoms with E-state index < -0.39 is 11.7 Å². The van der Waals surface area contributed by atoms with Crippen molar-refractivity contribution in [1.82, 2.24) is 0 Å². The predicted molar refractivity (Wildman–Crippen MR) is 75.6 cm³/mol. The molecule has 0 bridgehead atoms. The molecule has 0 radical (unpaired) electrons. The molecule has 110 valence electrons. The number of benzene rings is 2. The number of ether oxygens (including phenoxy) is 1. The van der Waals surface area contributed by atoms with E-state index in [1.54, 1.807) is 0 Å². The molecule has 0 N–H and O–H groups in total. The van der Waals surface area contributed by atoms with Gasteiger partial charge in [-0.15, -0.1) is 0 Å². The molecule has 1 heterocycles. The molecule has 3 rings (SSSR count). The topological polar surface area (TPSA) is 9.23 Å².